The summed E-state index contributed by atoms with van der Waals surface area (Å²) >= 11 is 0. The SMILES string of the molecule is CC(NCCS(N)(=O)=O)c1ccc(OC(F)(F)F)cc1. The molecule has 0 fully saturated rings. The highest BCUT2D eigenvalue weighted by Gasteiger charge is 2.30. The molecule has 0 aliphatic carbocycles. The van der Waals surface area contributed by atoms with Gasteiger partial charge in [-0.2, -0.15) is 0 Å². The van der Waals surface area contributed by atoms with Crippen molar-refractivity contribution in [3.63, 3.8) is 0 Å². The van der Waals surface area contributed by atoms with Gasteiger partial charge in [0.15, 0.2) is 0 Å². The predicted molar refractivity (Wildman–Crippen MR) is 67.5 cm³/mol. The molecule has 0 bridgehead atoms. The summed E-state index contributed by atoms with van der Waals surface area (Å²) in [6, 6.07) is 5.10. The number of sulfonamides is 1. The van der Waals surface area contributed by atoms with Gasteiger partial charge >= 0.3 is 6.36 Å². The highest BCUT2D eigenvalue weighted by molar-refractivity contribution is 7.89. The minimum atomic E-state index is -4.72. The molecule has 3 N–H and O–H groups in total. The highest BCUT2D eigenvalue weighted by Crippen LogP contribution is 2.24. The first-order valence-corrected chi connectivity index (χ1v) is 7.38. The van der Waals surface area contributed by atoms with Gasteiger partial charge in [0.25, 0.3) is 0 Å². The van der Waals surface area contributed by atoms with Crippen LogP contribution in [0.5, 0.6) is 5.75 Å². The Labute approximate surface area is 115 Å². The third-order valence-electron chi connectivity index (χ3n) is 2.45. The Balaban J connectivity index is 2.55. The number of nitrogens with one attached hydrogen (secondary N) is 1. The smallest absolute Gasteiger partial charge is 0.406 e. The molecule has 1 aromatic rings. The molecule has 0 saturated carbocycles. The molecule has 5 nitrogen and oxygen atoms in total. The van der Waals surface area contributed by atoms with Crippen molar-refractivity contribution >= 4 is 10.0 Å². The van der Waals surface area contributed by atoms with Gasteiger partial charge in [0.05, 0.1) is 5.75 Å². The van der Waals surface area contributed by atoms with Gasteiger partial charge in [-0.15, -0.1) is 13.2 Å². The Hall–Kier alpha value is -1.32. The highest BCUT2D eigenvalue weighted by atomic mass is 32.2. The van der Waals surface area contributed by atoms with E-state index in [1.807, 2.05) is 0 Å². The fraction of sp³-hybridized carbons (Fsp3) is 0.455. The average molecular weight is 312 g/mol. The van der Waals surface area contributed by atoms with Gasteiger partial charge < -0.3 is 10.1 Å². The minimum absolute atomic E-state index is 0.154. The van der Waals surface area contributed by atoms with E-state index in [0.717, 1.165) is 0 Å². The first kappa shape index (κ1) is 16.7. The molecule has 1 aromatic carbocycles. The Morgan fingerprint density at radius 1 is 1.30 bits per heavy atom. The monoisotopic (exact) mass is 312 g/mol. The van der Waals surface area contributed by atoms with E-state index in [4.69, 9.17) is 5.14 Å². The molecular weight excluding hydrogens is 297 g/mol. The normalized spacial score (nSPS) is 14.1. The number of nitrogens with two attached hydrogens (primary N) is 1. The van der Waals surface area contributed by atoms with Crippen LogP contribution in [0.15, 0.2) is 24.3 Å². The van der Waals surface area contributed by atoms with E-state index in [9.17, 15) is 21.6 Å². The van der Waals surface area contributed by atoms with Crippen LogP contribution < -0.4 is 15.2 Å². The molecule has 20 heavy (non-hydrogen) atoms. The van der Waals surface area contributed by atoms with E-state index in [1.54, 1.807) is 6.92 Å². The third kappa shape index (κ3) is 6.73. The van der Waals surface area contributed by atoms with E-state index in [-0.39, 0.29) is 24.1 Å². The van der Waals surface area contributed by atoms with Gasteiger partial charge in [0.2, 0.25) is 10.0 Å². The van der Waals surface area contributed by atoms with Crippen molar-refractivity contribution in [1.82, 2.24) is 5.32 Å². The number of hydrogen-bond donors (Lipinski definition) is 2. The van der Waals surface area contributed by atoms with E-state index in [0.29, 0.717) is 5.56 Å². The molecule has 9 heteroatoms. The molecule has 0 spiro atoms. The van der Waals surface area contributed by atoms with E-state index < -0.39 is 16.4 Å². The van der Waals surface area contributed by atoms with Gasteiger partial charge in [-0.25, -0.2) is 13.6 Å². The molecule has 114 valence electrons. The Morgan fingerprint density at radius 2 is 1.85 bits per heavy atom. The second-order valence-electron chi connectivity index (χ2n) is 4.16. The van der Waals surface area contributed by atoms with Gasteiger partial charge in [-0.3, -0.25) is 0 Å². The zero-order valence-electron chi connectivity index (χ0n) is 10.6. The minimum Gasteiger partial charge on any atom is -0.406 e. The largest absolute Gasteiger partial charge is 0.573 e. The number of halogens is 3. The second kappa shape index (κ2) is 6.42. The van der Waals surface area contributed by atoms with Crippen LogP contribution in [0.3, 0.4) is 0 Å². The second-order valence-corrected chi connectivity index (χ2v) is 5.89. The summed E-state index contributed by atoms with van der Waals surface area (Å²) in [5.41, 5.74) is 0.703. The fourth-order valence-corrected chi connectivity index (χ4v) is 1.90. The fourth-order valence-electron chi connectivity index (χ4n) is 1.49. The number of hydrogen-bond acceptors (Lipinski definition) is 4. The molecule has 0 saturated heterocycles. The van der Waals surface area contributed by atoms with E-state index >= 15 is 0 Å². The first-order chi connectivity index (χ1) is 9.07. The lowest BCUT2D eigenvalue weighted by Gasteiger charge is -2.15. The summed E-state index contributed by atoms with van der Waals surface area (Å²) in [6.07, 6.45) is -4.72. The summed E-state index contributed by atoms with van der Waals surface area (Å²) in [5, 5.41) is 7.75. The maximum atomic E-state index is 12.0. The number of rotatable bonds is 6. The van der Waals surface area contributed by atoms with Crippen molar-refractivity contribution in [2.24, 2.45) is 5.14 Å². The lowest BCUT2D eigenvalue weighted by atomic mass is 10.1. The molecule has 1 rings (SSSR count). The van der Waals surface area contributed by atoms with Crippen molar-refractivity contribution in [1.29, 1.82) is 0 Å². The molecule has 0 heterocycles. The summed E-state index contributed by atoms with van der Waals surface area (Å²) < 4.78 is 61.2. The van der Waals surface area contributed by atoms with Crippen molar-refractivity contribution in [3.8, 4) is 5.75 Å². The van der Waals surface area contributed by atoms with Crippen LogP contribution in [0.4, 0.5) is 13.2 Å². The molecule has 0 aliphatic heterocycles. The average Bonchev–Trinajstić information content (AvgIpc) is 2.25. The predicted octanol–water partition coefficient (Wildman–Crippen LogP) is 1.52. The van der Waals surface area contributed by atoms with Crippen LogP contribution >= 0.6 is 0 Å². The Kier molecular flexibility index (Phi) is 5.37. The van der Waals surface area contributed by atoms with Gasteiger partial charge in [-0.1, -0.05) is 12.1 Å². The van der Waals surface area contributed by atoms with Crippen LogP contribution in [0.2, 0.25) is 0 Å². The van der Waals surface area contributed by atoms with Gasteiger partial charge in [-0.05, 0) is 24.6 Å². The van der Waals surface area contributed by atoms with Crippen molar-refractivity contribution < 1.29 is 26.3 Å². The summed E-state index contributed by atoms with van der Waals surface area (Å²) in [4.78, 5) is 0. The standard InChI is InChI=1S/C11H15F3N2O3S/c1-8(16-6-7-20(15,17)18)9-2-4-10(5-3-9)19-11(12,13)14/h2-5,8,16H,6-7H2,1H3,(H2,15,17,18). The number of ether oxygens (including phenoxy) is 1. The molecule has 1 atom stereocenters. The van der Waals surface area contributed by atoms with Gasteiger partial charge in [0, 0.05) is 12.6 Å². The topological polar surface area (TPSA) is 81.4 Å². The van der Waals surface area contributed by atoms with Crippen molar-refractivity contribution in [2.75, 3.05) is 12.3 Å². The van der Waals surface area contributed by atoms with Gasteiger partial charge in [0.1, 0.15) is 5.75 Å². The van der Waals surface area contributed by atoms with Crippen LogP contribution in [0, 0.1) is 0 Å². The lowest BCUT2D eigenvalue weighted by molar-refractivity contribution is -0.274. The van der Waals surface area contributed by atoms with E-state index in [2.05, 4.69) is 10.1 Å². The van der Waals surface area contributed by atoms with Crippen LogP contribution in [0.25, 0.3) is 0 Å². The molecule has 0 radical (unpaired) electrons. The summed E-state index contributed by atoms with van der Waals surface area (Å²) in [7, 11) is -3.54. The number of primary sulfonamides is 1. The maximum Gasteiger partial charge on any atom is 0.573 e. The Bertz CT molecular complexity index is 529. The van der Waals surface area contributed by atoms with Crippen LogP contribution in [-0.4, -0.2) is 27.1 Å². The van der Waals surface area contributed by atoms with Crippen molar-refractivity contribution in [3.05, 3.63) is 29.8 Å². The third-order valence-corrected chi connectivity index (χ3v) is 3.22. The molecule has 0 aromatic heterocycles. The zero-order chi connectivity index (χ0) is 15.4. The number of benzene rings is 1. The lowest BCUT2D eigenvalue weighted by Crippen LogP contribution is -2.28. The molecule has 0 amide bonds. The van der Waals surface area contributed by atoms with E-state index in [1.165, 1.54) is 24.3 Å². The molecule has 1 unspecified atom stereocenters. The molecule has 0 aliphatic rings. The molecular formula is C11H15F3N2O3S. The van der Waals surface area contributed by atoms with Crippen LogP contribution in [-0.2, 0) is 10.0 Å². The Morgan fingerprint density at radius 3 is 2.30 bits per heavy atom. The number of alkyl halides is 3. The maximum absolute atomic E-state index is 12.0. The summed E-state index contributed by atoms with van der Waals surface area (Å²) in [6.45, 7) is 1.91. The quantitative estimate of drug-likeness (QED) is 0.834. The summed E-state index contributed by atoms with van der Waals surface area (Å²) in [5.74, 6) is -0.523. The zero-order valence-corrected chi connectivity index (χ0v) is 11.5. The van der Waals surface area contributed by atoms with Crippen LogP contribution in [0.1, 0.15) is 18.5 Å². The van der Waals surface area contributed by atoms with Crippen molar-refractivity contribution in [2.45, 2.75) is 19.3 Å². The first-order valence-electron chi connectivity index (χ1n) is 5.66.